The van der Waals surface area contributed by atoms with Gasteiger partial charge in [-0.1, -0.05) is 30.9 Å². The fourth-order valence-electron chi connectivity index (χ4n) is 4.25. The summed E-state index contributed by atoms with van der Waals surface area (Å²) in [6, 6.07) is 11.6. The number of rotatable bonds is 5. The van der Waals surface area contributed by atoms with Gasteiger partial charge in [0.2, 0.25) is 0 Å². The van der Waals surface area contributed by atoms with Crippen LogP contribution in [0.25, 0.3) is 11.0 Å². The number of methoxy groups -OCH3 is 2. The standard InChI is InChI=1S/C22H25ClN2O3/c1-27-18-10-8-15(21(13-18)28-2)14-24-19-11-9-16(23)12-20(19)25(22(24)26)17-6-4-3-5-7-17/h8-13,17H,3-7,14H2,1-2H3. The van der Waals surface area contributed by atoms with E-state index < -0.39 is 0 Å². The fourth-order valence-corrected chi connectivity index (χ4v) is 4.42. The first kappa shape index (κ1) is 18.9. The lowest BCUT2D eigenvalue weighted by Crippen LogP contribution is -2.29. The van der Waals surface area contributed by atoms with Gasteiger partial charge in [-0.15, -0.1) is 0 Å². The molecule has 1 heterocycles. The third kappa shape index (κ3) is 3.39. The van der Waals surface area contributed by atoms with Gasteiger partial charge >= 0.3 is 5.69 Å². The van der Waals surface area contributed by atoms with E-state index in [1.807, 2.05) is 45.5 Å². The quantitative estimate of drug-likeness (QED) is 0.603. The van der Waals surface area contributed by atoms with Crippen molar-refractivity contribution in [2.45, 2.75) is 44.7 Å². The number of imidazole rings is 1. The summed E-state index contributed by atoms with van der Waals surface area (Å²) >= 11 is 6.27. The minimum atomic E-state index is 0.0158. The molecule has 0 aliphatic heterocycles. The molecular weight excluding hydrogens is 376 g/mol. The molecule has 1 saturated carbocycles. The van der Waals surface area contributed by atoms with Crippen molar-refractivity contribution in [3.05, 3.63) is 57.5 Å². The number of halogens is 1. The van der Waals surface area contributed by atoms with Crippen molar-refractivity contribution in [2.24, 2.45) is 0 Å². The third-order valence-corrected chi connectivity index (χ3v) is 5.92. The highest BCUT2D eigenvalue weighted by molar-refractivity contribution is 6.31. The number of aromatic nitrogens is 2. The molecule has 2 aromatic carbocycles. The second kappa shape index (κ2) is 7.92. The van der Waals surface area contributed by atoms with Crippen LogP contribution in [0.2, 0.25) is 5.02 Å². The van der Waals surface area contributed by atoms with Gasteiger partial charge in [0.1, 0.15) is 11.5 Å². The highest BCUT2D eigenvalue weighted by Gasteiger charge is 2.23. The summed E-state index contributed by atoms with van der Waals surface area (Å²) in [6.07, 6.45) is 5.65. The number of benzene rings is 2. The molecule has 0 atom stereocenters. The van der Waals surface area contributed by atoms with Crippen molar-refractivity contribution >= 4 is 22.6 Å². The molecule has 4 rings (SSSR count). The van der Waals surface area contributed by atoms with Crippen LogP contribution < -0.4 is 15.2 Å². The van der Waals surface area contributed by atoms with Crippen LogP contribution in [0.4, 0.5) is 0 Å². The molecule has 0 spiro atoms. The van der Waals surface area contributed by atoms with E-state index in [-0.39, 0.29) is 11.7 Å². The number of ether oxygens (including phenoxy) is 2. The predicted octanol–water partition coefficient (Wildman–Crippen LogP) is 5.03. The second-order valence-corrected chi connectivity index (χ2v) is 7.78. The van der Waals surface area contributed by atoms with Crippen LogP contribution >= 0.6 is 11.6 Å². The summed E-state index contributed by atoms with van der Waals surface area (Å²) < 4.78 is 14.6. The normalized spacial score (nSPS) is 15.1. The number of hydrogen-bond acceptors (Lipinski definition) is 3. The van der Waals surface area contributed by atoms with Gasteiger partial charge in [0.25, 0.3) is 0 Å². The van der Waals surface area contributed by atoms with E-state index in [4.69, 9.17) is 21.1 Å². The van der Waals surface area contributed by atoms with Crippen molar-refractivity contribution < 1.29 is 9.47 Å². The fraction of sp³-hybridized carbons (Fsp3) is 0.409. The summed E-state index contributed by atoms with van der Waals surface area (Å²) in [5.74, 6) is 1.43. The molecule has 0 N–H and O–H groups in total. The van der Waals surface area contributed by atoms with Gasteiger partial charge in [0.05, 0.1) is 31.8 Å². The van der Waals surface area contributed by atoms with E-state index in [1.54, 1.807) is 14.2 Å². The SMILES string of the molecule is COc1ccc(Cn2c(=O)n(C3CCCCC3)c3cc(Cl)ccc32)c(OC)c1. The van der Waals surface area contributed by atoms with Crippen molar-refractivity contribution in [3.63, 3.8) is 0 Å². The van der Waals surface area contributed by atoms with Crippen LogP contribution in [0.1, 0.15) is 43.7 Å². The van der Waals surface area contributed by atoms with Crippen molar-refractivity contribution in [1.82, 2.24) is 9.13 Å². The van der Waals surface area contributed by atoms with Crippen LogP contribution in [0.5, 0.6) is 11.5 Å². The maximum absolute atomic E-state index is 13.4. The molecule has 1 aliphatic carbocycles. The average molecular weight is 401 g/mol. The van der Waals surface area contributed by atoms with Crippen LogP contribution in [-0.2, 0) is 6.54 Å². The third-order valence-electron chi connectivity index (χ3n) is 5.69. The van der Waals surface area contributed by atoms with Gasteiger partial charge in [-0.05, 0) is 43.2 Å². The molecule has 6 heteroatoms. The lowest BCUT2D eigenvalue weighted by atomic mass is 9.95. The minimum Gasteiger partial charge on any atom is -0.497 e. The molecule has 0 bridgehead atoms. The van der Waals surface area contributed by atoms with Crippen LogP contribution in [-0.4, -0.2) is 23.4 Å². The molecular formula is C22H25ClN2O3. The Balaban J connectivity index is 1.84. The smallest absolute Gasteiger partial charge is 0.329 e. The van der Waals surface area contributed by atoms with E-state index >= 15 is 0 Å². The van der Waals surface area contributed by atoms with Crippen molar-refractivity contribution in [3.8, 4) is 11.5 Å². The predicted molar refractivity (Wildman–Crippen MR) is 112 cm³/mol. The molecule has 1 fully saturated rings. The van der Waals surface area contributed by atoms with E-state index in [0.29, 0.717) is 17.3 Å². The first-order valence-electron chi connectivity index (χ1n) is 9.73. The Kier molecular flexibility index (Phi) is 5.36. The number of nitrogens with zero attached hydrogens (tertiary/aromatic N) is 2. The van der Waals surface area contributed by atoms with Crippen LogP contribution in [0, 0.1) is 0 Å². The molecule has 28 heavy (non-hydrogen) atoms. The zero-order chi connectivity index (χ0) is 19.7. The molecule has 0 unspecified atom stereocenters. The molecule has 0 radical (unpaired) electrons. The van der Waals surface area contributed by atoms with Crippen LogP contribution in [0.3, 0.4) is 0 Å². The highest BCUT2D eigenvalue weighted by atomic mass is 35.5. The summed E-state index contributed by atoms with van der Waals surface area (Å²) in [5.41, 5.74) is 2.76. The first-order chi connectivity index (χ1) is 13.6. The van der Waals surface area contributed by atoms with E-state index in [2.05, 4.69) is 0 Å². The molecule has 0 saturated heterocycles. The lowest BCUT2D eigenvalue weighted by molar-refractivity contribution is 0.350. The molecule has 148 valence electrons. The van der Waals surface area contributed by atoms with Gasteiger partial charge < -0.3 is 9.47 Å². The largest absolute Gasteiger partial charge is 0.497 e. The van der Waals surface area contributed by atoms with Gasteiger partial charge in [0, 0.05) is 22.7 Å². The Morgan fingerprint density at radius 3 is 2.50 bits per heavy atom. The topological polar surface area (TPSA) is 45.4 Å². The lowest BCUT2D eigenvalue weighted by Gasteiger charge is -2.23. The molecule has 5 nitrogen and oxygen atoms in total. The zero-order valence-corrected chi connectivity index (χ0v) is 17.0. The van der Waals surface area contributed by atoms with Crippen molar-refractivity contribution in [1.29, 1.82) is 0 Å². The van der Waals surface area contributed by atoms with Gasteiger partial charge in [0.15, 0.2) is 0 Å². The van der Waals surface area contributed by atoms with Gasteiger partial charge in [-0.25, -0.2) is 4.79 Å². The molecule has 0 amide bonds. The summed E-state index contributed by atoms with van der Waals surface area (Å²) in [4.78, 5) is 13.4. The van der Waals surface area contributed by atoms with E-state index in [0.717, 1.165) is 48.0 Å². The van der Waals surface area contributed by atoms with E-state index in [1.165, 1.54) is 6.42 Å². The van der Waals surface area contributed by atoms with Crippen molar-refractivity contribution in [2.75, 3.05) is 14.2 Å². The molecule has 3 aromatic rings. The monoisotopic (exact) mass is 400 g/mol. The first-order valence-corrected chi connectivity index (χ1v) is 10.1. The maximum atomic E-state index is 13.4. The van der Waals surface area contributed by atoms with E-state index in [9.17, 15) is 4.79 Å². The Hall–Kier alpha value is -2.40. The molecule has 1 aromatic heterocycles. The maximum Gasteiger partial charge on any atom is 0.329 e. The Labute approximate surface area is 169 Å². The van der Waals surface area contributed by atoms with Gasteiger partial charge in [-0.3, -0.25) is 9.13 Å². The van der Waals surface area contributed by atoms with Gasteiger partial charge in [-0.2, -0.15) is 0 Å². The van der Waals surface area contributed by atoms with Crippen LogP contribution in [0.15, 0.2) is 41.2 Å². The number of fused-ring (bicyclic) bond motifs is 1. The zero-order valence-electron chi connectivity index (χ0n) is 16.3. The Morgan fingerprint density at radius 2 is 1.79 bits per heavy atom. The Morgan fingerprint density at radius 1 is 1.00 bits per heavy atom. The average Bonchev–Trinajstić information content (AvgIpc) is 2.99. The summed E-state index contributed by atoms with van der Waals surface area (Å²) in [5, 5.41) is 0.649. The molecule has 1 aliphatic rings. The second-order valence-electron chi connectivity index (χ2n) is 7.34. The summed E-state index contributed by atoms with van der Waals surface area (Å²) in [7, 11) is 3.26. The number of hydrogen-bond donors (Lipinski definition) is 0. The minimum absolute atomic E-state index is 0.0158. The Bertz CT molecular complexity index is 1050. The highest BCUT2D eigenvalue weighted by Crippen LogP contribution is 2.32. The summed E-state index contributed by atoms with van der Waals surface area (Å²) in [6.45, 7) is 0.434.